The SMILES string of the molecule is CCCc1nc(N)cc(NC(COCC)C(C)C)n1. The van der Waals surface area contributed by atoms with Crippen LogP contribution in [0.25, 0.3) is 0 Å². The average Bonchev–Trinajstić information content (AvgIpc) is 2.33. The highest BCUT2D eigenvalue weighted by Gasteiger charge is 2.14. The normalized spacial score (nSPS) is 12.7. The first kappa shape index (κ1) is 15.7. The Balaban J connectivity index is 2.77. The van der Waals surface area contributed by atoms with Crippen molar-refractivity contribution in [2.75, 3.05) is 24.3 Å². The van der Waals surface area contributed by atoms with Crippen molar-refractivity contribution in [3.8, 4) is 0 Å². The van der Waals surface area contributed by atoms with Gasteiger partial charge < -0.3 is 15.8 Å². The molecule has 1 atom stereocenters. The number of aryl methyl sites for hydroxylation is 1. The van der Waals surface area contributed by atoms with Gasteiger partial charge in [-0.2, -0.15) is 0 Å². The van der Waals surface area contributed by atoms with Crippen LogP contribution in [-0.4, -0.2) is 29.2 Å². The van der Waals surface area contributed by atoms with Gasteiger partial charge in [0.05, 0.1) is 12.6 Å². The summed E-state index contributed by atoms with van der Waals surface area (Å²) in [6.07, 6.45) is 1.85. The first-order valence-corrected chi connectivity index (χ1v) is 7.04. The Hall–Kier alpha value is -1.36. The Morgan fingerprint density at radius 3 is 2.63 bits per heavy atom. The van der Waals surface area contributed by atoms with Crippen molar-refractivity contribution >= 4 is 11.6 Å². The summed E-state index contributed by atoms with van der Waals surface area (Å²) in [7, 11) is 0. The number of aromatic nitrogens is 2. The second kappa shape index (κ2) is 7.94. The standard InChI is InChI=1S/C14H26N4O/c1-5-7-13-17-12(15)8-14(18-13)16-11(10(3)4)9-19-6-2/h8,10-11H,5-7,9H2,1-4H3,(H3,15,16,17,18). The van der Waals surface area contributed by atoms with Crippen molar-refractivity contribution in [1.29, 1.82) is 0 Å². The number of nitrogens with zero attached hydrogens (tertiary/aromatic N) is 2. The van der Waals surface area contributed by atoms with Gasteiger partial charge in [-0.15, -0.1) is 0 Å². The molecule has 0 fully saturated rings. The molecule has 0 spiro atoms. The fraction of sp³-hybridized carbons (Fsp3) is 0.714. The highest BCUT2D eigenvalue weighted by Crippen LogP contribution is 2.14. The van der Waals surface area contributed by atoms with Gasteiger partial charge in [0.2, 0.25) is 0 Å². The van der Waals surface area contributed by atoms with Crippen LogP contribution in [0.4, 0.5) is 11.6 Å². The number of nitrogens with two attached hydrogens (primary N) is 1. The maximum Gasteiger partial charge on any atom is 0.133 e. The molecule has 0 aliphatic carbocycles. The van der Waals surface area contributed by atoms with Gasteiger partial charge in [-0.25, -0.2) is 9.97 Å². The molecule has 0 saturated heterocycles. The maximum atomic E-state index is 5.82. The minimum absolute atomic E-state index is 0.226. The van der Waals surface area contributed by atoms with Crippen LogP contribution in [0.1, 0.15) is 39.9 Å². The van der Waals surface area contributed by atoms with Gasteiger partial charge in [0, 0.05) is 19.1 Å². The molecule has 1 aromatic rings. The van der Waals surface area contributed by atoms with E-state index in [4.69, 9.17) is 10.5 Å². The van der Waals surface area contributed by atoms with E-state index >= 15 is 0 Å². The van der Waals surface area contributed by atoms with Crippen molar-refractivity contribution in [2.45, 2.75) is 46.6 Å². The van der Waals surface area contributed by atoms with Crippen molar-refractivity contribution in [2.24, 2.45) is 5.92 Å². The molecule has 3 N–H and O–H groups in total. The van der Waals surface area contributed by atoms with Crippen LogP contribution in [0.2, 0.25) is 0 Å². The molecule has 1 heterocycles. The Labute approximate surface area is 116 Å². The highest BCUT2D eigenvalue weighted by atomic mass is 16.5. The van der Waals surface area contributed by atoms with Crippen LogP contribution in [0.5, 0.6) is 0 Å². The lowest BCUT2D eigenvalue weighted by atomic mass is 10.1. The average molecular weight is 266 g/mol. The molecule has 108 valence electrons. The number of nitrogens with one attached hydrogen (secondary N) is 1. The van der Waals surface area contributed by atoms with Gasteiger partial charge in [0.25, 0.3) is 0 Å². The molecule has 0 aliphatic heterocycles. The molecular formula is C14H26N4O. The first-order valence-electron chi connectivity index (χ1n) is 7.04. The quantitative estimate of drug-likeness (QED) is 0.756. The largest absolute Gasteiger partial charge is 0.384 e. The number of hydrogen-bond donors (Lipinski definition) is 2. The van der Waals surface area contributed by atoms with Gasteiger partial charge in [-0.05, 0) is 19.3 Å². The molecule has 5 nitrogen and oxygen atoms in total. The lowest BCUT2D eigenvalue weighted by Gasteiger charge is -2.23. The maximum absolute atomic E-state index is 5.82. The van der Waals surface area contributed by atoms with E-state index in [9.17, 15) is 0 Å². The second-order valence-electron chi connectivity index (χ2n) is 5.00. The Bertz CT molecular complexity index is 382. The molecule has 0 radical (unpaired) electrons. The number of ether oxygens (including phenoxy) is 1. The summed E-state index contributed by atoms with van der Waals surface area (Å²) >= 11 is 0. The summed E-state index contributed by atoms with van der Waals surface area (Å²) in [5, 5.41) is 3.40. The number of rotatable bonds is 8. The van der Waals surface area contributed by atoms with Gasteiger partial charge in [-0.1, -0.05) is 20.8 Å². The molecule has 5 heteroatoms. The minimum atomic E-state index is 0.226. The molecule has 0 amide bonds. The summed E-state index contributed by atoms with van der Waals surface area (Å²) in [5.74, 6) is 2.55. The van der Waals surface area contributed by atoms with E-state index < -0.39 is 0 Å². The van der Waals surface area contributed by atoms with Crippen LogP contribution in [-0.2, 0) is 11.2 Å². The highest BCUT2D eigenvalue weighted by molar-refractivity contribution is 5.45. The van der Waals surface area contributed by atoms with Crippen LogP contribution in [0.3, 0.4) is 0 Å². The minimum Gasteiger partial charge on any atom is -0.384 e. The molecular weight excluding hydrogens is 240 g/mol. The van der Waals surface area contributed by atoms with Crippen molar-refractivity contribution in [3.05, 3.63) is 11.9 Å². The molecule has 0 aromatic carbocycles. The summed E-state index contributed by atoms with van der Waals surface area (Å²) in [6.45, 7) is 9.81. The van der Waals surface area contributed by atoms with E-state index in [0.29, 0.717) is 18.3 Å². The van der Waals surface area contributed by atoms with Crippen LogP contribution in [0.15, 0.2) is 6.07 Å². The summed E-state index contributed by atoms with van der Waals surface area (Å²) < 4.78 is 5.50. The number of hydrogen-bond acceptors (Lipinski definition) is 5. The van der Waals surface area contributed by atoms with Gasteiger partial charge in [-0.3, -0.25) is 0 Å². The van der Waals surface area contributed by atoms with Crippen molar-refractivity contribution in [3.63, 3.8) is 0 Å². The number of anilines is 2. The molecule has 1 rings (SSSR count). The Kier molecular flexibility index (Phi) is 6.56. The summed E-state index contributed by atoms with van der Waals surface area (Å²) in [5.41, 5.74) is 5.82. The monoisotopic (exact) mass is 266 g/mol. The van der Waals surface area contributed by atoms with Gasteiger partial charge in [0.15, 0.2) is 0 Å². The predicted octanol–water partition coefficient (Wildman–Crippen LogP) is 2.48. The Morgan fingerprint density at radius 1 is 1.32 bits per heavy atom. The summed E-state index contributed by atoms with van der Waals surface area (Å²) in [4.78, 5) is 8.73. The molecule has 0 aliphatic rings. The van der Waals surface area contributed by atoms with Crippen LogP contribution < -0.4 is 11.1 Å². The lowest BCUT2D eigenvalue weighted by Crippen LogP contribution is -2.31. The third kappa shape index (κ3) is 5.42. The third-order valence-electron chi connectivity index (χ3n) is 2.91. The summed E-state index contributed by atoms with van der Waals surface area (Å²) in [6, 6.07) is 2.00. The van der Waals surface area contributed by atoms with E-state index in [0.717, 1.165) is 31.1 Å². The van der Waals surface area contributed by atoms with Crippen molar-refractivity contribution < 1.29 is 4.74 Å². The molecule has 0 saturated carbocycles. The third-order valence-corrected chi connectivity index (χ3v) is 2.91. The fourth-order valence-corrected chi connectivity index (χ4v) is 1.76. The van der Waals surface area contributed by atoms with E-state index in [2.05, 4.69) is 36.1 Å². The zero-order valence-electron chi connectivity index (χ0n) is 12.4. The van der Waals surface area contributed by atoms with E-state index in [1.807, 2.05) is 6.92 Å². The topological polar surface area (TPSA) is 73.1 Å². The predicted molar refractivity (Wildman–Crippen MR) is 79.2 cm³/mol. The molecule has 0 bridgehead atoms. The molecule has 19 heavy (non-hydrogen) atoms. The smallest absolute Gasteiger partial charge is 0.133 e. The zero-order chi connectivity index (χ0) is 14.3. The van der Waals surface area contributed by atoms with Crippen molar-refractivity contribution in [1.82, 2.24) is 9.97 Å². The van der Waals surface area contributed by atoms with E-state index in [1.165, 1.54) is 0 Å². The molecule has 1 unspecified atom stereocenters. The van der Waals surface area contributed by atoms with E-state index in [1.54, 1.807) is 6.07 Å². The van der Waals surface area contributed by atoms with Gasteiger partial charge >= 0.3 is 0 Å². The Morgan fingerprint density at radius 2 is 2.05 bits per heavy atom. The van der Waals surface area contributed by atoms with Gasteiger partial charge in [0.1, 0.15) is 17.5 Å². The van der Waals surface area contributed by atoms with E-state index in [-0.39, 0.29) is 6.04 Å². The number of nitrogen functional groups attached to an aromatic ring is 1. The second-order valence-corrected chi connectivity index (χ2v) is 5.00. The zero-order valence-corrected chi connectivity index (χ0v) is 12.4. The molecule has 1 aromatic heterocycles. The lowest BCUT2D eigenvalue weighted by molar-refractivity contribution is 0.126. The van der Waals surface area contributed by atoms with Crippen LogP contribution >= 0.6 is 0 Å². The first-order chi connectivity index (χ1) is 9.06. The fourth-order valence-electron chi connectivity index (χ4n) is 1.76. The van der Waals surface area contributed by atoms with Crippen LogP contribution in [0, 0.1) is 5.92 Å².